The van der Waals surface area contributed by atoms with Crippen LogP contribution in [0.5, 0.6) is 0 Å². The van der Waals surface area contributed by atoms with E-state index in [1.165, 1.54) is 19.6 Å². The van der Waals surface area contributed by atoms with Gasteiger partial charge in [0.15, 0.2) is 0 Å². The molecule has 2 fully saturated rings. The van der Waals surface area contributed by atoms with Gasteiger partial charge in [0.2, 0.25) is 5.91 Å². The molecule has 1 aliphatic carbocycles. The zero-order valence-corrected chi connectivity index (χ0v) is 18.6. The van der Waals surface area contributed by atoms with Crippen LogP contribution in [-0.2, 0) is 14.3 Å². The minimum atomic E-state index is -0.600. The van der Waals surface area contributed by atoms with Crippen LogP contribution in [0.15, 0.2) is 24.3 Å². The lowest BCUT2D eigenvalue weighted by molar-refractivity contribution is -0.145. The van der Waals surface area contributed by atoms with E-state index >= 15 is 0 Å². The van der Waals surface area contributed by atoms with Gasteiger partial charge in [-0.1, -0.05) is 12.1 Å². The van der Waals surface area contributed by atoms with Crippen molar-refractivity contribution >= 4 is 17.8 Å². The number of amides is 2. The topological polar surface area (TPSA) is 96.5 Å². The number of carbonyl (C=O) groups is 3. The molecule has 1 unspecified atom stereocenters. The van der Waals surface area contributed by atoms with Crippen LogP contribution in [0.3, 0.4) is 0 Å². The molecular formula is C24H35N3O4. The van der Waals surface area contributed by atoms with Crippen molar-refractivity contribution in [3.63, 3.8) is 0 Å². The van der Waals surface area contributed by atoms with Crippen molar-refractivity contribution < 1.29 is 19.1 Å². The Bertz CT molecular complexity index is 751. The minimum Gasteiger partial charge on any atom is -0.467 e. The summed E-state index contributed by atoms with van der Waals surface area (Å²) in [5.74, 6) is 0.250. The van der Waals surface area contributed by atoms with E-state index in [2.05, 4.69) is 28.1 Å². The standard InChI is InChI=1S/C24H35N3O4/c1-16(28)26-22(24(30)31-2)15-17-3-9-21(10-4-17)27-23(29)20-7-5-18(6-8-20)19-11-13-25-14-12-19/h5-8,17,19,21-22,25H,3-4,9-15H2,1-2H3,(H,26,28)(H,27,29). The summed E-state index contributed by atoms with van der Waals surface area (Å²) in [5, 5.41) is 9.23. The Labute approximate surface area is 184 Å². The van der Waals surface area contributed by atoms with Gasteiger partial charge >= 0.3 is 5.97 Å². The van der Waals surface area contributed by atoms with Crippen molar-refractivity contribution in [2.24, 2.45) is 5.92 Å². The van der Waals surface area contributed by atoms with Crippen LogP contribution in [0, 0.1) is 5.92 Å². The lowest BCUT2D eigenvalue weighted by Gasteiger charge is -2.31. The summed E-state index contributed by atoms with van der Waals surface area (Å²) >= 11 is 0. The number of piperidine rings is 1. The quantitative estimate of drug-likeness (QED) is 0.579. The normalized spacial score (nSPS) is 22.9. The van der Waals surface area contributed by atoms with Crippen LogP contribution in [0.4, 0.5) is 0 Å². The van der Waals surface area contributed by atoms with Crippen molar-refractivity contribution in [2.75, 3.05) is 20.2 Å². The van der Waals surface area contributed by atoms with Crippen LogP contribution >= 0.6 is 0 Å². The Balaban J connectivity index is 1.46. The molecular weight excluding hydrogens is 394 g/mol. The van der Waals surface area contributed by atoms with Gasteiger partial charge < -0.3 is 20.7 Å². The molecule has 3 rings (SSSR count). The highest BCUT2D eigenvalue weighted by atomic mass is 16.5. The summed E-state index contributed by atoms with van der Waals surface area (Å²) in [7, 11) is 1.34. The second kappa shape index (κ2) is 11.3. The van der Waals surface area contributed by atoms with E-state index in [0.717, 1.165) is 51.6 Å². The van der Waals surface area contributed by atoms with Crippen LogP contribution in [0.25, 0.3) is 0 Å². The highest BCUT2D eigenvalue weighted by Crippen LogP contribution is 2.29. The zero-order chi connectivity index (χ0) is 22.2. The van der Waals surface area contributed by atoms with Gasteiger partial charge in [-0.3, -0.25) is 9.59 Å². The predicted molar refractivity (Wildman–Crippen MR) is 119 cm³/mol. The molecule has 7 heteroatoms. The van der Waals surface area contributed by atoms with Gasteiger partial charge in [0.25, 0.3) is 5.91 Å². The summed E-state index contributed by atoms with van der Waals surface area (Å²) < 4.78 is 4.81. The molecule has 1 aliphatic heterocycles. The molecule has 1 heterocycles. The molecule has 1 aromatic rings. The fourth-order valence-corrected chi connectivity index (χ4v) is 4.81. The number of nitrogens with one attached hydrogen (secondary N) is 3. The van der Waals surface area contributed by atoms with E-state index in [1.54, 1.807) is 0 Å². The molecule has 2 aliphatic rings. The third-order valence-electron chi connectivity index (χ3n) is 6.60. The number of esters is 1. The van der Waals surface area contributed by atoms with Gasteiger partial charge in [-0.05, 0) is 87.6 Å². The fraction of sp³-hybridized carbons (Fsp3) is 0.625. The number of hydrogen-bond donors (Lipinski definition) is 3. The number of methoxy groups -OCH3 is 1. The molecule has 3 N–H and O–H groups in total. The molecule has 2 amide bonds. The van der Waals surface area contributed by atoms with Crippen molar-refractivity contribution in [2.45, 2.75) is 69.9 Å². The average Bonchev–Trinajstić information content (AvgIpc) is 2.79. The van der Waals surface area contributed by atoms with Crippen molar-refractivity contribution in [3.8, 4) is 0 Å². The molecule has 1 saturated heterocycles. The number of benzene rings is 1. The lowest BCUT2D eigenvalue weighted by Crippen LogP contribution is -2.43. The molecule has 1 atom stereocenters. The first-order valence-electron chi connectivity index (χ1n) is 11.4. The van der Waals surface area contributed by atoms with Crippen LogP contribution in [0.1, 0.15) is 73.7 Å². The molecule has 170 valence electrons. The molecule has 7 nitrogen and oxygen atoms in total. The average molecular weight is 430 g/mol. The van der Waals surface area contributed by atoms with Crippen LogP contribution < -0.4 is 16.0 Å². The first-order valence-corrected chi connectivity index (χ1v) is 11.4. The van der Waals surface area contributed by atoms with E-state index in [4.69, 9.17) is 4.74 Å². The maximum atomic E-state index is 12.7. The third-order valence-corrected chi connectivity index (χ3v) is 6.60. The van der Waals surface area contributed by atoms with Crippen LogP contribution in [-0.4, -0.2) is 50.1 Å². The molecule has 0 bridgehead atoms. The highest BCUT2D eigenvalue weighted by Gasteiger charge is 2.29. The fourth-order valence-electron chi connectivity index (χ4n) is 4.81. The van der Waals surface area contributed by atoms with Gasteiger partial charge in [0.05, 0.1) is 7.11 Å². The molecule has 0 radical (unpaired) electrons. The largest absolute Gasteiger partial charge is 0.467 e. The Morgan fingerprint density at radius 1 is 1.03 bits per heavy atom. The first kappa shape index (κ1) is 23.3. The summed E-state index contributed by atoms with van der Waals surface area (Å²) in [4.78, 5) is 36.0. The molecule has 1 aromatic carbocycles. The Hall–Kier alpha value is -2.41. The van der Waals surface area contributed by atoms with E-state index in [1.807, 2.05) is 12.1 Å². The van der Waals surface area contributed by atoms with Gasteiger partial charge in [0, 0.05) is 18.5 Å². The van der Waals surface area contributed by atoms with Crippen molar-refractivity contribution in [3.05, 3.63) is 35.4 Å². The summed E-state index contributed by atoms with van der Waals surface area (Å²) in [6, 6.07) is 7.61. The first-order chi connectivity index (χ1) is 15.0. The number of carbonyl (C=O) groups excluding carboxylic acids is 3. The minimum absolute atomic E-state index is 0.0222. The Morgan fingerprint density at radius 2 is 1.68 bits per heavy atom. The molecule has 1 saturated carbocycles. The van der Waals surface area contributed by atoms with Gasteiger partial charge in [0.1, 0.15) is 6.04 Å². The maximum Gasteiger partial charge on any atom is 0.328 e. The summed E-state index contributed by atoms with van der Waals surface area (Å²) in [6.07, 6.45) is 6.43. The number of hydrogen-bond acceptors (Lipinski definition) is 5. The van der Waals surface area contributed by atoms with E-state index in [-0.39, 0.29) is 17.9 Å². The van der Waals surface area contributed by atoms with Crippen molar-refractivity contribution in [1.29, 1.82) is 0 Å². The molecule has 0 spiro atoms. The predicted octanol–water partition coefficient (Wildman–Crippen LogP) is 2.51. The smallest absolute Gasteiger partial charge is 0.328 e. The maximum absolute atomic E-state index is 12.7. The third kappa shape index (κ3) is 6.79. The molecule has 31 heavy (non-hydrogen) atoms. The SMILES string of the molecule is COC(=O)C(CC1CCC(NC(=O)c2ccc(C3CCNCC3)cc2)CC1)NC(C)=O. The Morgan fingerprint density at radius 3 is 2.26 bits per heavy atom. The van der Waals surface area contributed by atoms with Crippen molar-refractivity contribution in [1.82, 2.24) is 16.0 Å². The summed E-state index contributed by atoms with van der Waals surface area (Å²) in [5.41, 5.74) is 2.02. The second-order valence-electron chi connectivity index (χ2n) is 8.85. The van der Waals surface area contributed by atoms with Gasteiger partial charge in [-0.2, -0.15) is 0 Å². The number of ether oxygens (including phenoxy) is 1. The molecule has 0 aromatic heterocycles. The lowest BCUT2D eigenvalue weighted by atomic mass is 9.82. The summed E-state index contributed by atoms with van der Waals surface area (Å²) in [6.45, 7) is 3.52. The monoisotopic (exact) mass is 429 g/mol. The Kier molecular flexibility index (Phi) is 8.46. The second-order valence-corrected chi connectivity index (χ2v) is 8.85. The number of rotatable bonds is 7. The zero-order valence-electron chi connectivity index (χ0n) is 18.6. The highest BCUT2D eigenvalue weighted by molar-refractivity contribution is 5.94. The van der Waals surface area contributed by atoms with Gasteiger partial charge in [-0.15, -0.1) is 0 Å². The van der Waals surface area contributed by atoms with Crippen LogP contribution in [0.2, 0.25) is 0 Å². The van der Waals surface area contributed by atoms with E-state index < -0.39 is 12.0 Å². The van der Waals surface area contributed by atoms with E-state index in [9.17, 15) is 14.4 Å². The van der Waals surface area contributed by atoms with Gasteiger partial charge in [-0.25, -0.2) is 4.79 Å². The van der Waals surface area contributed by atoms with E-state index in [0.29, 0.717) is 23.8 Å².